The fraction of sp³-hybridized carbons (Fsp3) is 0.500. The summed E-state index contributed by atoms with van der Waals surface area (Å²) < 4.78 is 0. The molecule has 26 heavy (non-hydrogen) atoms. The number of carbonyl (C=O) groups is 3. The van der Waals surface area contributed by atoms with Crippen LogP contribution in [0.1, 0.15) is 18.9 Å². The van der Waals surface area contributed by atoms with E-state index in [1.807, 2.05) is 30.3 Å². The molecule has 2 rings (SSSR count). The van der Waals surface area contributed by atoms with Gasteiger partial charge in [-0.15, -0.1) is 0 Å². The van der Waals surface area contributed by atoms with Crippen LogP contribution in [0, 0.1) is 0 Å². The molecule has 0 radical (unpaired) electrons. The summed E-state index contributed by atoms with van der Waals surface area (Å²) in [5.41, 5.74) is 1.03. The summed E-state index contributed by atoms with van der Waals surface area (Å²) in [5, 5.41) is 21.6. The Labute approximate surface area is 156 Å². The van der Waals surface area contributed by atoms with Crippen LogP contribution in [0.4, 0.5) is 0 Å². The number of nitrogens with zero attached hydrogens (tertiary/aromatic N) is 1. The molecule has 3 atom stereocenters. The number of nitrogens with one attached hydrogen (secondary N) is 1. The molecule has 0 saturated carbocycles. The predicted octanol–water partition coefficient (Wildman–Crippen LogP) is 1.08. The van der Waals surface area contributed by atoms with Crippen LogP contribution in [0.15, 0.2) is 30.3 Å². The molecule has 0 bridgehead atoms. The lowest BCUT2D eigenvalue weighted by Crippen LogP contribution is -2.57. The van der Waals surface area contributed by atoms with Gasteiger partial charge >= 0.3 is 11.9 Å². The maximum atomic E-state index is 12.6. The minimum Gasteiger partial charge on any atom is -0.480 e. The third-order valence-corrected chi connectivity index (χ3v) is 5.40. The molecule has 1 aromatic rings. The second-order valence-electron chi connectivity index (χ2n) is 6.26. The van der Waals surface area contributed by atoms with Crippen molar-refractivity contribution in [2.24, 2.45) is 0 Å². The third kappa shape index (κ3) is 5.47. The van der Waals surface area contributed by atoms with E-state index in [0.29, 0.717) is 30.9 Å². The molecule has 1 aromatic carbocycles. The maximum absolute atomic E-state index is 12.6. The van der Waals surface area contributed by atoms with E-state index in [2.05, 4.69) is 5.32 Å². The molecule has 1 aliphatic heterocycles. The number of amides is 1. The number of carboxylic acids is 2. The molecular formula is C18H24N2O5S. The summed E-state index contributed by atoms with van der Waals surface area (Å²) in [7, 11) is 0. The summed E-state index contributed by atoms with van der Waals surface area (Å²) in [6, 6.07) is 7.03. The fourth-order valence-electron chi connectivity index (χ4n) is 2.93. The van der Waals surface area contributed by atoms with Gasteiger partial charge in [0.2, 0.25) is 5.91 Å². The summed E-state index contributed by atoms with van der Waals surface area (Å²) in [5.74, 6) is -1.40. The van der Waals surface area contributed by atoms with Crippen LogP contribution < -0.4 is 5.32 Å². The van der Waals surface area contributed by atoms with Crippen LogP contribution in [-0.4, -0.2) is 69.1 Å². The highest BCUT2D eigenvalue weighted by Gasteiger charge is 2.35. The minimum atomic E-state index is -1.03. The van der Waals surface area contributed by atoms with E-state index in [1.165, 1.54) is 16.7 Å². The summed E-state index contributed by atoms with van der Waals surface area (Å²) in [6.45, 7) is 1.94. The molecule has 0 aromatic heterocycles. The zero-order chi connectivity index (χ0) is 19.1. The van der Waals surface area contributed by atoms with Gasteiger partial charge in [-0.2, -0.15) is 11.8 Å². The van der Waals surface area contributed by atoms with Crippen molar-refractivity contribution in [1.29, 1.82) is 0 Å². The van der Waals surface area contributed by atoms with Gasteiger partial charge in [-0.25, -0.2) is 4.79 Å². The van der Waals surface area contributed by atoms with Crippen molar-refractivity contribution in [3.05, 3.63) is 35.9 Å². The molecule has 8 heteroatoms. The van der Waals surface area contributed by atoms with Crippen molar-refractivity contribution in [3.8, 4) is 0 Å². The Morgan fingerprint density at radius 3 is 2.58 bits per heavy atom. The Hall–Kier alpha value is -2.06. The third-order valence-electron chi connectivity index (χ3n) is 4.38. The quantitative estimate of drug-likeness (QED) is 0.619. The number of aliphatic carboxylic acids is 2. The molecule has 0 aliphatic carbocycles. The van der Waals surface area contributed by atoms with Crippen molar-refractivity contribution in [2.45, 2.75) is 37.9 Å². The molecule has 3 unspecified atom stereocenters. The smallest absolute Gasteiger partial charge is 0.327 e. The van der Waals surface area contributed by atoms with Gasteiger partial charge in [0.25, 0.3) is 0 Å². The van der Waals surface area contributed by atoms with Crippen LogP contribution in [0.2, 0.25) is 0 Å². The van der Waals surface area contributed by atoms with E-state index in [9.17, 15) is 24.6 Å². The number of hydrogen-bond acceptors (Lipinski definition) is 5. The van der Waals surface area contributed by atoms with Crippen molar-refractivity contribution >= 4 is 29.6 Å². The Morgan fingerprint density at radius 2 is 1.96 bits per heavy atom. The summed E-state index contributed by atoms with van der Waals surface area (Å²) in [6.07, 6.45) is 0.916. The maximum Gasteiger partial charge on any atom is 0.327 e. The zero-order valence-corrected chi connectivity index (χ0v) is 15.4. The Morgan fingerprint density at radius 1 is 1.27 bits per heavy atom. The van der Waals surface area contributed by atoms with E-state index in [0.717, 1.165) is 5.56 Å². The topological polar surface area (TPSA) is 107 Å². The molecular weight excluding hydrogens is 356 g/mol. The van der Waals surface area contributed by atoms with E-state index in [1.54, 1.807) is 6.92 Å². The molecule has 1 aliphatic rings. The largest absolute Gasteiger partial charge is 0.480 e. The highest BCUT2D eigenvalue weighted by molar-refractivity contribution is 7.99. The van der Waals surface area contributed by atoms with Crippen molar-refractivity contribution in [2.75, 3.05) is 18.1 Å². The van der Waals surface area contributed by atoms with Gasteiger partial charge in [-0.3, -0.25) is 14.9 Å². The van der Waals surface area contributed by atoms with Gasteiger partial charge in [0, 0.05) is 18.1 Å². The molecule has 7 nitrogen and oxygen atoms in total. The molecule has 142 valence electrons. The fourth-order valence-corrected chi connectivity index (χ4v) is 3.97. The molecule has 1 fully saturated rings. The van der Waals surface area contributed by atoms with Crippen LogP contribution >= 0.6 is 11.8 Å². The lowest BCUT2D eigenvalue weighted by Gasteiger charge is -2.35. The molecule has 0 spiro atoms. The zero-order valence-electron chi connectivity index (χ0n) is 14.6. The normalized spacial score (nSPS) is 19.6. The molecule has 1 heterocycles. The van der Waals surface area contributed by atoms with Crippen LogP contribution in [0.3, 0.4) is 0 Å². The minimum absolute atomic E-state index is 0.342. The van der Waals surface area contributed by atoms with E-state index >= 15 is 0 Å². The monoisotopic (exact) mass is 380 g/mol. The first kappa shape index (κ1) is 20.3. The second kappa shape index (κ2) is 9.59. The molecule has 3 N–H and O–H groups in total. The highest BCUT2D eigenvalue weighted by Crippen LogP contribution is 2.18. The molecule has 1 amide bonds. The van der Waals surface area contributed by atoms with Crippen molar-refractivity contribution in [1.82, 2.24) is 10.2 Å². The number of rotatable bonds is 8. The van der Waals surface area contributed by atoms with Crippen LogP contribution in [-0.2, 0) is 20.8 Å². The van der Waals surface area contributed by atoms with E-state index < -0.39 is 30.1 Å². The number of carbonyl (C=O) groups excluding carboxylic acids is 1. The van der Waals surface area contributed by atoms with Gasteiger partial charge < -0.3 is 15.1 Å². The van der Waals surface area contributed by atoms with E-state index in [4.69, 9.17) is 0 Å². The summed E-state index contributed by atoms with van der Waals surface area (Å²) >= 11 is 1.50. The first-order chi connectivity index (χ1) is 12.4. The Balaban J connectivity index is 1.97. The van der Waals surface area contributed by atoms with Gasteiger partial charge in [0.15, 0.2) is 0 Å². The highest BCUT2D eigenvalue weighted by atomic mass is 32.2. The first-order valence-corrected chi connectivity index (χ1v) is 9.69. The summed E-state index contributed by atoms with van der Waals surface area (Å²) in [4.78, 5) is 36.9. The van der Waals surface area contributed by atoms with Gasteiger partial charge in [-0.05, 0) is 25.3 Å². The number of carboxylic acid groups (broad SMARTS) is 2. The predicted molar refractivity (Wildman–Crippen MR) is 99.2 cm³/mol. The first-order valence-electron chi connectivity index (χ1n) is 8.54. The van der Waals surface area contributed by atoms with Gasteiger partial charge in [-0.1, -0.05) is 30.3 Å². The SMILES string of the molecule is CC(NC(CCc1ccccc1)C(=O)O)C(=O)N1CCSCC1C(=O)O. The Kier molecular flexibility index (Phi) is 7.47. The van der Waals surface area contributed by atoms with Crippen LogP contribution in [0.5, 0.6) is 0 Å². The standard InChI is InChI=1S/C18H24N2O5S/c1-12(16(21)20-9-10-26-11-15(20)18(24)25)19-14(17(22)23)8-7-13-5-3-2-4-6-13/h2-6,12,14-15,19H,7-11H2,1H3,(H,22,23)(H,24,25). The second-order valence-corrected chi connectivity index (χ2v) is 7.41. The lowest BCUT2D eigenvalue weighted by molar-refractivity contribution is -0.150. The van der Waals surface area contributed by atoms with Crippen LogP contribution in [0.25, 0.3) is 0 Å². The van der Waals surface area contributed by atoms with Gasteiger partial charge in [0.1, 0.15) is 12.1 Å². The Bertz CT molecular complexity index is 640. The van der Waals surface area contributed by atoms with Crippen molar-refractivity contribution < 1.29 is 24.6 Å². The number of benzene rings is 1. The van der Waals surface area contributed by atoms with E-state index in [-0.39, 0.29) is 5.91 Å². The lowest BCUT2D eigenvalue weighted by atomic mass is 10.0. The number of aryl methyl sites for hydroxylation is 1. The van der Waals surface area contributed by atoms with Gasteiger partial charge in [0.05, 0.1) is 6.04 Å². The number of hydrogen-bond donors (Lipinski definition) is 3. The number of thioether (sulfide) groups is 1. The molecule has 1 saturated heterocycles. The van der Waals surface area contributed by atoms with Crippen molar-refractivity contribution in [3.63, 3.8) is 0 Å². The average Bonchev–Trinajstić information content (AvgIpc) is 2.64. The average molecular weight is 380 g/mol.